The topological polar surface area (TPSA) is 90.1 Å². The Hall–Kier alpha value is -4.52. The molecule has 0 aliphatic rings. The molecule has 5 rings (SSSR count). The monoisotopic (exact) mass is 436 g/mol. The highest BCUT2D eigenvalue weighted by Crippen LogP contribution is 2.36. The Balaban J connectivity index is 1.64. The third-order valence-corrected chi connectivity index (χ3v) is 5.51. The molecule has 162 valence electrons. The second-order valence-corrected chi connectivity index (χ2v) is 7.64. The van der Waals surface area contributed by atoms with Crippen molar-refractivity contribution in [1.29, 1.82) is 0 Å². The van der Waals surface area contributed by atoms with E-state index in [0.29, 0.717) is 28.6 Å². The number of carboxylic acid groups (broad SMARTS) is 1. The molecule has 0 unspecified atom stereocenters. The molecule has 0 bridgehead atoms. The van der Waals surface area contributed by atoms with Crippen LogP contribution in [0.1, 0.15) is 11.3 Å². The zero-order chi connectivity index (χ0) is 22.9. The van der Waals surface area contributed by atoms with E-state index in [1.54, 1.807) is 30.6 Å². The van der Waals surface area contributed by atoms with Crippen molar-refractivity contribution in [2.24, 2.45) is 0 Å². The van der Waals surface area contributed by atoms with Crippen molar-refractivity contribution >= 4 is 17.0 Å². The number of benzene rings is 1. The molecule has 4 heterocycles. The van der Waals surface area contributed by atoms with Crippen LogP contribution in [0, 0.1) is 13.8 Å². The molecule has 0 aliphatic carbocycles. The molecule has 33 heavy (non-hydrogen) atoms. The van der Waals surface area contributed by atoms with Gasteiger partial charge in [0, 0.05) is 29.7 Å². The Morgan fingerprint density at radius 2 is 1.82 bits per heavy atom. The van der Waals surface area contributed by atoms with Crippen LogP contribution >= 0.6 is 0 Å². The molecule has 0 aliphatic heterocycles. The summed E-state index contributed by atoms with van der Waals surface area (Å²) in [6.45, 7) is 3.94. The van der Waals surface area contributed by atoms with Crippen LogP contribution in [0.15, 0.2) is 79.3 Å². The Labute approximate surface area is 190 Å². The quantitative estimate of drug-likeness (QED) is 0.366. The third-order valence-electron chi connectivity index (χ3n) is 5.51. The van der Waals surface area contributed by atoms with Crippen LogP contribution in [0.25, 0.3) is 33.5 Å². The first kappa shape index (κ1) is 20.4. The van der Waals surface area contributed by atoms with Gasteiger partial charge in [-0.15, -0.1) is 0 Å². The summed E-state index contributed by atoms with van der Waals surface area (Å²) >= 11 is 0. The van der Waals surface area contributed by atoms with Gasteiger partial charge in [-0.3, -0.25) is 14.5 Å². The van der Waals surface area contributed by atoms with Crippen molar-refractivity contribution in [3.63, 3.8) is 0 Å². The zero-order valence-corrected chi connectivity index (χ0v) is 18.1. The van der Waals surface area contributed by atoms with Crippen molar-refractivity contribution in [2.75, 3.05) is 0 Å². The summed E-state index contributed by atoms with van der Waals surface area (Å²) in [4.78, 5) is 25.2. The van der Waals surface area contributed by atoms with Gasteiger partial charge in [-0.1, -0.05) is 12.1 Å². The highest BCUT2D eigenvalue weighted by Gasteiger charge is 2.16. The summed E-state index contributed by atoms with van der Waals surface area (Å²) in [6, 6.07) is 18.5. The summed E-state index contributed by atoms with van der Waals surface area (Å²) in [5.74, 6) is 1.18. The van der Waals surface area contributed by atoms with Gasteiger partial charge in [0.1, 0.15) is 11.4 Å². The molecule has 0 saturated carbocycles. The van der Waals surface area contributed by atoms with Gasteiger partial charge in [-0.2, -0.15) is 0 Å². The van der Waals surface area contributed by atoms with Crippen molar-refractivity contribution in [3.05, 3.63) is 90.5 Å². The van der Waals surface area contributed by atoms with E-state index in [0.717, 1.165) is 27.7 Å². The van der Waals surface area contributed by atoms with Crippen LogP contribution in [0.2, 0.25) is 0 Å². The number of aryl methyl sites for hydroxylation is 2. The van der Waals surface area contributed by atoms with Gasteiger partial charge in [0.15, 0.2) is 5.75 Å². The fourth-order valence-electron chi connectivity index (χ4n) is 3.72. The Morgan fingerprint density at radius 3 is 2.61 bits per heavy atom. The Morgan fingerprint density at radius 1 is 0.939 bits per heavy atom. The van der Waals surface area contributed by atoms with Gasteiger partial charge in [0.2, 0.25) is 0 Å². The molecule has 0 fully saturated rings. The molecule has 0 saturated heterocycles. The number of hydrogen-bond donors (Lipinski definition) is 1. The van der Waals surface area contributed by atoms with E-state index in [1.165, 1.54) is 10.8 Å². The third kappa shape index (κ3) is 3.80. The van der Waals surface area contributed by atoms with Crippen molar-refractivity contribution in [2.45, 2.75) is 13.8 Å². The fourth-order valence-corrected chi connectivity index (χ4v) is 3.72. The second-order valence-electron chi connectivity index (χ2n) is 7.64. The highest BCUT2D eigenvalue weighted by molar-refractivity contribution is 5.90. The van der Waals surface area contributed by atoms with Gasteiger partial charge >= 0.3 is 6.09 Å². The molecular weight excluding hydrogens is 416 g/mol. The molecule has 7 heteroatoms. The van der Waals surface area contributed by atoms with Crippen LogP contribution in [0.4, 0.5) is 4.79 Å². The summed E-state index contributed by atoms with van der Waals surface area (Å²) in [5, 5.41) is 10.2. The molecule has 5 aromatic rings. The number of hydrogen-bond acceptors (Lipinski definition) is 5. The predicted octanol–water partition coefficient (Wildman–Crippen LogP) is 6.10. The molecule has 0 amide bonds. The molecule has 0 radical (unpaired) electrons. The van der Waals surface area contributed by atoms with E-state index in [1.807, 2.05) is 56.3 Å². The lowest BCUT2D eigenvalue weighted by molar-refractivity contribution is 0.197. The SMILES string of the molecule is Cc1cc(Oc2ccnc3ccc(-c4cccn4C(=O)O)cc23)c(-c2ccccn2)nc1C. The van der Waals surface area contributed by atoms with Crippen LogP contribution < -0.4 is 4.74 Å². The number of rotatable bonds is 4. The molecule has 0 spiro atoms. The van der Waals surface area contributed by atoms with E-state index < -0.39 is 6.09 Å². The lowest BCUT2D eigenvalue weighted by atomic mass is 10.1. The van der Waals surface area contributed by atoms with Crippen molar-refractivity contribution in [3.8, 4) is 34.1 Å². The first-order valence-corrected chi connectivity index (χ1v) is 10.4. The molecule has 0 atom stereocenters. The average molecular weight is 436 g/mol. The smallest absolute Gasteiger partial charge is 0.415 e. The first-order valence-electron chi connectivity index (χ1n) is 10.4. The number of aromatic nitrogens is 4. The molecule has 7 nitrogen and oxygen atoms in total. The zero-order valence-electron chi connectivity index (χ0n) is 18.1. The first-order chi connectivity index (χ1) is 16.0. The number of fused-ring (bicyclic) bond motifs is 1. The van der Waals surface area contributed by atoms with Crippen LogP contribution in [-0.4, -0.2) is 30.7 Å². The molecular formula is C26H20N4O3. The maximum Gasteiger partial charge on any atom is 0.415 e. The van der Waals surface area contributed by atoms with E-state index in [-0.39, 0.29) is 0 Å². The molecule has 1 N–H and O–H groups in total. The van der Waals surface area contributed by atoms with Crippen molar-refractivity contribution in [1.82, 2.24) is 19.5 Å². The summed E-state index contributed by atoms with van der Waals surface area (Å²) in [6.07, 6.45) is 3.88. The minimum absolute atomic E-state index is 0.571. The van der Waals surface area contributed by atoms with Crippen LogP contribution in [0.3, 0.4) is 0 Å². The summed E-state index contributed by atoms with van der Waals surface area (Å²) in [7, 11) is 0. The minimum Gasteiger partial charge on any atom is -0.464 e. The molecule has 1 aromatic carbocycles. The molecule has 4 aromatic heterocycles. The maximum absolute atomic E-state index is 11.6. The van der Waals surface area contributed by atoms with Gasteiger partial charge < -0.3 is 9.84 Å². The van der Waals surface area contributed by atoms with Gasteiger partial charge in [0.05, 0.1) is 16.9 Å². The van der Waals surface area contributed by atoms with E-state index in [9.17, 15) is 9.90 Å². The lowest BCUT2D eigenvalue weighted by Crippen LogP contribution is -2.07. The number of pyridine rings is 3. The standard InChI is InChI=1S/C26H20N4O3/c1-16-14-24(25(29-17(16)2)21-6-3-4-11-27-21)33-23-10-12-28-20-9-8-18(15-19(20)23)22-7-5-13-30(22)26(31)32/h3-15H,1-2H3,(H,31,32). The van der Waals surface area contributed by atoms with E-state index >= 15 is 0 Å². The van der Waals surface area contributed by atoms with Crippen LogP contribution in [-0.2, 0) is 0 Å². The maximum atomic E-state index is 11.6. The fraction of sp³-hybridized carbons (Fsp3) is 0.0769. The predicted molar refractivity (Wildman–Crippen MR) is 126 cm³/mol. The van der Waals surface area contributed by atoms with E-state index in [2.05, 4.69) is 9.97 Å². The lowest BCUT2D eigenvalue weighted by Gasteiger charge is -2.14. The number of carbonyl (C=O) groups is 1. The van der Waals surface area contributed by atoms with Crippen molar-refractivity contribution < 1.29 is 14.6 Å². The van der Waals surface area contributed by atoms with Crippen LogP contribution in [0.5, 0.6) is 11.5 Å². The number of nitrogens with zero attached hydrogens (tertiary/aromatic N) is 4. The van der Waals surface area contributed by atoms with Gasteiger partial charge in [0.25, 0.3) is 0 Å². The summed E-state index contributed by atoms with van der Waals surface area (Å²) in [5.41, 5.74) is 5.33. The highest BCUT2D eigenvalue weighted by atomic mass is 16.5. The van der Waals surface area contributed by atoms with E-state index in [4.69, 9.17) is 9.72 Å². The summed E-state index contributed by atoms with van der Waals surface area (Å²) < 4.78 is 7.58. The Kier molecular flexibility index (Phi) is 5.06. The number of ether oxygens (including phenoxy) is 1. The average Bonchev–Trinajstić information content (AvgIpc) is 3.32. The minimum atomic E-state index is -1.04. The Bertz CT molecular complexity index is 1490. The van der Waals surface area contributed by atoms with Gasteiger partial charge in [-0.05, 0) is 73.5 Å². The normalized spacial score (nSPS) is 11.0. The second kappa shape index (κ2) is 8.20. The van der Waals surface area contributed by atoms with Gasteiger partial charge in [-0.25, -0.2) is 9.78 Å². The largest absolute Gasteiger partial charge is 0.464 e.